The molecule has 1 heterocycles. The van der Waals surface area contributed by atoms with Crippen LogP contribution in [0.15, 0.2) is 34.7 Å². The highest BCUT2D eigenvalue weighted by molar-refractivity contribution is 5.77. The Bertz CT molecular complexity index is 439. The molecule has 0 saturated carbocycles. The molecule has 0 spiro atoms. The second kappa shape index (κ2) is 5.37. The van der Waals surface area contributed by atoms with Crippen LogP contribution in [-0.4, -0.2) is 6.04 Å². The molecule has 2 nitrogen and oxygen atoms in total. The zero-order valence-corrected chi connectivity index (χ0v) is 10.9. The molecule has 2 rings (SSSR count). The fourth-order valence-corrected chi connectivity index (χ4v) is 2.21. The lowest BCUT2D eigenvalue weighted by molar-refractivity contribution is 0.370. The topological polar surface area (TPSA) is 25.2 Å². The third-order valence-corrected chi connectivity index (χ3v) is 3.26. The molecule has 0 bridgehead atoms. The van der Waals surface area contributed by atoms with E-state index in [0.717, 1.165) is 24.3 Å². The third kappa shape index (κ3) is 2.89. The Kier molecular flexibility index (Phi) is 3.85. The Morgan fingerprint density at radius 3 is 2.65 bits per heavy atom. The SMILES string of the molecule is CCC(NCc1cc2ccccc2o1)C(C)C. The molecule has 1 unspecified atom stereocenters. The number of nitrogens with one attached hydrogen (secondary N) is 1. The first-order valence-electron chi connectivity index (χ1n) is 6.41. The first-order chi connectivity index (χ1) is 8.20. The Morgan fingerprint density at radius 2 is 2.00 bits per heavy atom. The first kappa shape index (κ1) is 12.2. The lowest BCUT2D eigenvalue weighted by Crippen LogP contribution is -2.32. The van der Waals surface area contributed by atoms with Crippen LogP contribution in [0.3, 0.4) is 0 Å². The minimum absolute atomic E-state index is 0.559. The van der Waals surface area contributed by atoms with Gasteiger partial charge in [0.1, 0.15) is 11.3 Å². The second-order valence-corrected chi connectivity index (χ2v) is 4.89. The summed E-state index contributed by atoms with van der Waals surface area (Å²) in [5.41, 5.74) is 0.974. The summed E-state index contributed by atoms with van der Waals surface area (Å²) in [5.74, 6) is 1.68. The predicted octanol–water partition coefficient (Wildman–Crippen LogP) is 3.96. The highest BCUT2D eigenvalue weighted by atomic mass is 16.3. The van der Waals surface area contributed by atoms with Crippen LogP contribution in [0.1, 0.15) is 33.0 Å². The van der Waals surface area contributed by atoms with Gasteiger partial charge in [0.05, 0.1) is 6.54 Å². The fraction of sp³-hybridized carbons (Fsp3) is 0.467. The summed E-state index contributed by atoms with van der Waals surface area (Å²) in [6.45, 7) is 7.53. The van der Waals surface area contributed by atoms with E-state index in [1.165, 1.54) is 5.39 Å². The van der Waals surface area contributed by atoms with Crippen molar-refractivity contribution in [1.29, 1.82) is 0 Å². The molecule has 1 N–H and O–H groups in total. The predicted molar refractivity (Wildman–Crippen MR) is 72.0 cm³/mol. The van der Waals surface area contributed by atoms with Crippen LogP contribution in [-0.2, 0) is 6.54 Å². The molecule has 2 heteroatoms. The summed E-state index contributed by atoms with van der Waals surface area (Å²) in [4.78, 5) is 0. The number of hydrogen-bond acceptors (Lipinski definition) is 2. The van der Waals surface area contributed by atoms with E-state index in [9.17, 15) is 0 Å². The van der Waals surface area contributed by atoms with Gasteiger partial charge >= 0.3 is 0 Å². The number of hydrogen-bond donors (Lipinski definition) is 1. The van der Waals surface area contributed by atoms with Crippen LogP contribution in [0.2, 0.25) is 0 Å². The van der Waals surface area contributed by atoms with Gasteiger partial charge in [-0.05, 0) is 24.5 Å². The van der Waals surface area contributed by atoms with Crippen LogP contribution >= 0.6 is 0 Å². The summed E-state index contributed by atoms with van der Waals surface area (Å²) in [6.07, 6.45) is 1.15. The van der Waals surface area contributed by atoms with Crippen molar-refractivity contribution in [3.63, 3.8) is 0 Å². The van der Waals surface area contributed by atoms with Crippen molar-refractivity contribution in [2.75, 3.05) is 0 Å². The standard InChI is InChI=1S/C15H21NO/c1-4-14(11(2)3)16-10-13-9-12-7-5-6-8-15(12)17-13/h5-9,11,14,16H,4,10H2,1-3H3. The van der Waals surface area contributed by atoms with Gasteiger partial charge < -0.3 is 9.73 Å². The van der Waals surface area contributed by atoms with E-state index >= 15 is 0 Å². The zero-order chi connectivity index (χ0) is 12.3. The minimum Gasteiger partial charge on any atom is -0.460 e. The molecule has 1 atom stereocenters. The van der Waals surface area contributed by atoms with E-state index in [1.807, 2.05) is 18.2 Å². The molecule has 2 aromatic rings. The molecule has 1 aromatic heterocycles. The molecular weight excluding hydrogens is 210 g/mol. The van der Waals surface area contributed by atoms with Crippen molar-refractivity contribution in [2.24, 2.45) is 5.92 Å². The van der Waals surface area contributed by atoms with Gasteiger partial charge in [0, 0.05) is 11.4 Å². The maximum absolute atomic E-state index is 5.78. The van der Waals surface area contributed by atoms with Crippen molar-refractivity contribution in [2.45, 2.75) is 39.8 Å². The molecule has 0 amide bonds. The van der Waals surface area contributed by atoms with Crippen molar-refractivity contribution < 1.29 is 4.42 Å². The van der Waals surface area contributed by atoms with Crippen molar-refractivity contribution in [1.82, 2.24) is 5.32 Å². The summed E-state index contributed by atoms with van der Waals surface area (Å²) >= 11 is 0. The maximum Gasteiger partial charge on any atom is 0.134 e. The van der Waals surface area contributed by atoms with E-state index < -0.39 is 0 Å². The highest BCUT2D eigenvalue weighted by Gasteiger charge is 2.11. The zero-order valence-electron chi connectivity index (χ0n) is 10.9. The van der Waals surface area contributed by atoms with Crippen molar-refractivity contribution >= 4 is 11.0 Å². The smallest absolute Gasteiger partial charge is 0.134 e. The first-order valence-corrected chi connectivity index (χ1v) is 6.41. The Hall–Kier alpha value is -1.28. The van der Waals surface area contributed by atoms with Gasteiger partial charge in [0.15, 0.2) is 0 Å². The van der Waals surface area contributed by atoms with Crippen LogP contribution in [0.4, 0.5) is 0 Å². The Labute approximate surface area is 103 Å². The van der Waals surface area contributed by atoms with Gasteiger partial charge in [-0.25, -0.2) is 0 Å². The van der Waals surface area contributed by atoms with Gasteiger partial charge in [-0.3, -0.25) is 0 Å². The average molecular weight is 231 g/mol. The largest absolute Gasteiger partial charge is 0.460 e. The van der Waals surface area contributed by atoms with Gasteiger partial charge in [0.25, 0.3) is 0 Å². The maximum atomic E-state index is 5.78. The van der Waals surface area contributed by atoms with E-state index in [4.69, 9.17) is 4.42 Å². The Morgan fingerprint density at radius 1 is 1.24 bits per heavy atom. The molecule has 0 aliphatic heterocycles. The van der Waals surface area contributed by atoms with Gasteiger partial charge in [-0.1, -0.05) is 39.0 Å². The van der Waals surface area contributed by atoms with E-state index in [1.54, 1.807) is 0 Å². The summed E-state index contributed by atoms with van der Waals surface area (Å²) in [5, 5.41) is 4.73. The lowest BCUT2D eigenvalue weighted by atomic mass is 10.0. The number of benzene rings is 1. The summed E-state index contributed by atoms with van der Waals surface area (Å²) < 4.78 is 5.78. The van der Waals surface area contributed by atoms with Gasteiger partial charge in [-0.2, -0.15) is 0 Å². The van der Waals surface area contributed by atoms with E-state index in [-0.39, 0.29) is 0 Å². The molecule has 0 fully saturated rings. The van der Waals surface area contributed by atoms with Crippen molar-refractivity contribution in [3.05, 3.63) is 36.1 Å². The summed E-state index contributed by atoms with van der Waals surface area (Å²) in [6, 6.07) is 10.8. The van der Waals surface area contributed by atoms with Crippen LogP contribution in [0.25, 0.3) is 11.0 Å². The number of rotatable bonds is 5. The molecule has 92 valence electrons. The third-order valence-electron chi connectivity index (χ3n) is 3.26. The highest BCUT2D eigenvalue weighted by Crippen LogP contribution is 2.19. The molecule has 0 aliphatic rings. The minimum atomic E-state index is 0.559. The second-order valence-electron chi connectivity index (χ2n) is 4.89. The quantitative estimate of drug-likeness (QED) is 0.842. The average Bonchev–Trinajstić information content (AvgIpc) is 2.71. The number of fused-ring (bicyclic) bond motifs is 1. The lowest BCUT2D eigenvalue weighted by Gasteiger charge is -2.19. The van der Waals surface area contributed by atoms with E-state index in [2.05, 4.69) is 38.2 Å². The molecule has 0 saturated heterocycles. The molecule has 1 aromatic carbocycles. The molecule has 17 heavy (non-hydrogen) atoms. The number of para-hydroxylation sites is 1. The van der Waals surface area contributed by atoms with Crippen molar-refractivity contribution in [3.8, 4) is 0 Å². The normalized spacial score (nSPS) is 13.4. The van der Waals surface area contributed by atoms with Crippen LogP contribution in [0, 0.1) is 5.92 Å². The monoisotopic (exact) mass is 231 g/mol. The molecular formula is C15H21NO. The fourth-order valence-electron chi connectivity index (χ4n) is 2.21. The number of furan rings is 1. The van der Waals surface area contributed by atoms with E-state index in [0.29, 0.717) is 12.0 Å². The van der Waals surface area contributed by atoms with Gasteiger partial charge in [-0.15, -0.1) is 0 Å². The Balaban J connectivity index is 2.03. The summed E-state index contributed by atoms with van der Waals surface area (Å²) in [7, 11) is 0. The molecule has 0 aliphatic carbocycles. The van der Waals surface area contributed by atoms with Crippen LogP contribution < -0.4 is 5.32 Å². The molecule has 0 radical (unpaired) electrons. The van der Waals surface area contributed by atoms with Crippen LogP contribution in [0.5, 0.6) is 0 Å². The van der Waals surface area contributed by atoms with Gasteiger partial charge in [0.2, 0.25) is 0 Å².